The maximum Gasteiger partial charge on any atom is 0.402 e. The van der Waals surface area contributed by atoms with E-state index in [0.29, 0.717) is 13.0 Å². The summed E-state index contributed by atoms with van der Waals surface area (Å²) >= 11 is 0. The summed E-state index contributed by atoms with van der Waals surface area (Å²) in [6.45, 7) is 2.33. The molecule has 9 heteroatoms. The number of hydrogen-bond acceptors (Lipinski definition) is 5. The number of piperidine rings is 1. The Labute approximate surface area is 117 Å². The van der Waals surface area contributed by atoms with Gasteiger partial charge in [0.15, 0.2) is 0 Å². The number of sulfonamides is 1. The zero-order valence-corrected chi connectivity index (χ0v) is 12.3. The molecular formula is C11H18N4O4S. The smallest absolute Gasteiger partial charge is 0.358 e. The zero-order chi connectivity index (χ0) is 14.9. The molecule has 1 aromatic rings. The first-order chi connectivity index (χ1) is 9.39. The van der Waals surface area contributed by atoms with Gasteiger partial charge in [-0.15, -0.1) is 0 Å². The van der Waals surface area contributed by atoms with E-state index in [4.69, 9.17) is 0 Å². The Morgan fingerprint density at radius 1 is 1.50 bits per heavy atom. The largest absolute Gasteiger partial charge is 0.402 e. The molecule has 0 radical (unpaired) electrons. The van der Waals surface area contributed by atoms with Crippen LogP contribution in [0.15, 0.2) is 11.4 Å². The van der Waals surface area contributed by atoms with Gasteiger partial charge in [-0.3, -0.25) is 4.57 Å². The van der Waals surface area contributed by atoms with Crippen LogP contribution in [0.1, 0.15) is 32.6 Å². The molecule has 2 rings (SSSR count). The van der Waals surface area contributed by atoms with Gasteiger partial charge in [0.2, 0.25) is 6.33 Å². The van der Waals surface area contributed by atoms with Crippen LogP contribution in [-0.2, 0) is 17.1 Å². The number of aromatic nitrogens is 2. The number of hydrogen-bond donors (Lipinski definition) is 0. The number of nitro groups is 1. The number of nitrogens with zero attached hydrogens (tertiary/aromatic N) is 4. The molecule has 0 spiro atoms. The van der Waals surface area contributed by atoms with E-state index in [1.807, 2.05) is 6.92 Å². The zero-order valence-electron chi connectivity index (χ0n) is 11.5. The maximum atomic E-state index is 12.7. The fraction of sp³-hybridized carbons (Fsp3) is 0.727. The quantitative estimate of drug-likeness (QED) is 0.616. The van der Waals surface area contributed by atoms with Crippen LogP contribution in [0.2, 0.25) is 0 Å². The second-order valence-electron chi connectivity index (χ2n) is 4.91. The molecule has 1 aliphatic rings. The predicted molar refractivity (Wildman–Crippen MR) is 71.7 cm³/mol. The monoisotopic (exact) mass is 302 g/mol. The topological polar surface area (TPSA) is 98.3 Å². The Morgan fingerprint density at radius 2 is 2.20 bits per heavy atom. The van der Waals surface area contributed by atoms with Crippen LogP contribution in [0, 0.1) is 10.1 Å². The fourth-order valence-corrected chi connectivity index (χ4v) is 4.65. The lowest BCUT2D eigenvalue weighted by Crippen LogP contribution is -2.43. The van der Waals surface area contributed by atoms with Crippen LogP contribution in [0.4, 0.5) is 5.82 Å². The van der Waals surface area contributed by atoms with Crippen molar-refractivity contribution in [2.24, 2.45) is 7.05 Å². The van der Waals surface area contributed by atoms with Crippen molar-refractivity contribution < 1.29 is 13.3 Å². The third kappa shape index (κ3) is 2.42. The molecule has 0 unspecified atom stereocenters. The van der Waals surface area contributed by atoms with E-state index >= 15 is 0 Å². The van der Waals surface area contributed by atoms with Gasteiger partial charge in [-0.05, 0) is 29.2 Å². The first kappa shape index (κ1) is 14.9. The Hall–Kier alpha value is -1.48. The Balaban J connectivity index is 2.49. The van der Waals surface area contributed by atoms with Crippen molar-refractivity contribution in [1.29, 1.82) is 0 Å². The van der Waals surface area contributed by atoms with Crippen LogP contribution in [0.25, 0.3) is 0 Å². The molecule has 1 aliphatic heterocycles. The first-order valence-corrected chi connectivity index (χ1v) is 8.01. The van der Waals surface area contributed by atoms with Gasteiger partial charge < -0.3 is 10.1 Å². The summed E-state index contributed by atoms with van der Waals surface area (Å²) in [7, 11) is -2.44. The van der Waals surface area contributed by atoms with Crippen LogP contribution in [0.3, 0.4) is 0 Å². The van der Waals surface area contributed by atoms with E-state index in [0.717, 1.165) is 25.6 Å². The van der Waals surface area contributed by atoms with E-state index in [1.54, 1.807) is 0 Å². The van der Waals surface area contributed by atoms with Gasteiger partial charge in [0, 0.05) is 19.6 Å². The highest BCUT2D eigenvalue weighted by Gasteiger charge is 2.40. The molecular weight excluding hydrogens is 284 g/mol. The number of aryl methyl sites for hydroxylation is 1. The van der Waals surface area contributed by atoms with E-state index in [-0.39, 0.29) is 11.1 Å². The minimum absolute atomic E-state index is 0.0942. The SMILES string of the molecule is CC[C@@H]1CCCCN1S(=O)(=O)c1c([N+](=O)[O-])ncn1C. The molecule has 0 bridgehead atoms. The third-order valence-corrected chi connectivity index (χ3v) is 5.69. The van der Waals surface area contributed by atoms with Crippen LogP contribution in [0.5, 0.6) is 0 Å². The molecule has 20 heavy (non-hydrogen) atoms. The summed E-state index contributed by atoms with van der Waals surface area (Å²) < 4.78 is 28.0. The van der Waals surface area contributed by atoms with Gasteiger partial charge in [-0.2, -0.15) is 4.31 Å². The normalized spacial score (nSPS) is 21.0. The van der Waals surface area contributed by atoms with E-state index in [1.165, 1.54) is 15.9 Å². The van der Waals surface area contributed by atoms with Crippen molar-refractivity contribution in [3.63, 3.8) is 0 Å². The maximum absolute atomic E-state index is 12.7. The summed E-state index contributed by atoms with van der Waals surface area (Å²) in [4.78, 5) is 13.8. The summed E-state index contributed by atoms with van der Waals surface area (Å²) in [6, 6.07) is -0.0942. The van der Waals surface area contributed by atoms with Crippen molar-refractivity contribution in [1.82, 2.24) is 13.9 Å². The van der Waals surface area contributed by atoms with Crippen molar-refractivity contribution in [2.75, 3.05) is 6.54 Å². The summed E-state index contributed by atoms with van der Waals surface area (Å²) in [5, 5.41) is 10.6. The second-order valence-corrected chi connectivity index (χ2v) is 6.72. The number of imidazole rings is 1. The molecule has 112 valence electrons. The highest BCUT2D eigenvalue weighted by Crippen LogP contribution is 2.30. The van der Waals surface area contributed by atoms with Gasteiger partial charge in [0.05, 0.1) is 0 Å². The van der Waals surface area contributed by atoms with Gasteiger partial charge >= 0.3 is 5.82 Å². The van der Waals surface area contributed by atoms with E-state index in [2.05, 4.69) is 4.98 Å². The third-order valence-electron chi connectivity index (χ3n) is 3.64. The molecule has 0 aliphatic carbocycles. The van der Waals surface area contributed by atoms with Crippen molar-refractivity contribution in [3.05, 3.63) is 16.4 Å². The lowest BCUT2D eigenvalue weighted by Gasteiger charge is -2.33. The summed E-state index contributed by atoms with van der Waals surface area (Å²) in [6.07, 6.45) is 4.42. The average molecular weight is 302 g/mol. The number of rotatable bonds is 4. The van der Waals surface area contributed by atoms with Crippen molar-refractivity contribution >= 4 is 15.8 Å². The Bertz CT molecular complexity index is 610. The predicted octanol–water partition coefficient (Wildman–Crippen LogP) is 1.28. The average Bonchev–Trinajstić information content (AvgIpc) is 2.81. The molecule has 1 saturated heterocycles. The van der Waals surface area contributed by atoms with Crippen molar-refractivity contribution in [3.8, 4) is 0 Å². The highest BCUT2D eigenvalue weighted by atomic mass is 32.2. The van der Waals surface area contributed by atoms with Gasteiger partial charge in [-0.25, -0.2) is 8.42 Å². The molecule has 0 N–H and O–H groups in total. The van der Waals surface area contributed by atoms with Crippen LogP contribution >= 0.6 is 0 Å². The standard InChI is InChI=1S/C11H18N4O4S/c1-3-9-6-4-5-7-14(9)20(18,19)11-10(15(16)17)12-8-13(11)2/h8-9H,3-7H2,1-2H3/t9-/m1/s1. The van der Waals surface area contributed by atoms with Crippen LogP contribution < -0.4 is 0 Å². The van der Waals surface area contributed by atoms with Gasteiger partial charge in [0.25, 0.3) is 15.0 Å². The first-order valence-electron chi connectivity index (χ1n) is 6.57. The molecule has 8 nitrogen and oxygen atoms in total. The molecule has 2 heterocycles. The molecule has 0 amide bonds. The lowest BCUT2D eigenvalue weighted by molar-refractivity contribution is -0.392. The highest BCUT2D eigenvalue weighted by molar-refractivity contribution is 7.89. The van der Waals surface area contributed by atoms with Gasteiger partial charge in [0.1, 0.15) is 0 Å². The van der Waals surface area contributed by atoms with Crippen LogP contribution in [-0.4, -0.2) is 39.8 Å². The molecule has 0 saturated carbocycles. The summed E-state index contributed by atoms with van der Waals surface area (Å²) in [5.41, 5.74) is 0. The minimum Gasteiger partial charge on any atom is -0.358 e. The lowest BCUT2D eigenvalue weighted by atomic mass is 10.0. The Morgan fingerprint density at radius 3 is 2.80 bits per heavy atom. The molecule has 0 aromatic carbocycles. The fourth-order valence-electron chi connectivity index (χ4n) is 2.64. The van der Waals surface area contributed by atoms with Gasteiger partial charge in [-0.1, -0.05) is 13.3 Å². The molecule has 1 atom stereocenters. The van der Waals surface area contributed by atoms with E-state index in [9.17, 15) is 18.5 Å². The summed E-state index contributed by atoms with van der Waals surface area (Å²) in [5.74, 6) is -0.604. The second kappa shape index (κ2) is 5.49. The Kier molecular flexibility index (Phi) is 4.09. The minimum atomic E-state index is -3.89. The molecule has 1 fully saturated rings. The molecule has 1 aromatic heterocycles. The van der Waals surface area contributed by atoms with E-state index < -0.39 is 20.8 Å². The van der Waals surface area contributed by atoms with Crippen molar-refractivity contribution in [2.45, 2.75) is 43.7 Å².